The summed E-state index contributed by atoms with van der Waals surface area (Å²) in [6.45, 7) is 0.843. The summed E-state index contributed by atoms with van der Waals surface area (Å²) < 4.78 is 15.3. The summed E-state index contributed by atoms with van der Waals surface area (Å²) in [5, 5.41) is 1.80. The number of rotatable bonds is 4. The molecule has 4 aromatic rings. The average molecular weight is 409 g/mol. The zero-order valence-electron chi connectivity index (χ0n) is 16.8. The first-order valence-electron chi connectivity index (χ1n) is 10.4. The molecule has 0 N–H and O–H groups in total. The summed E-state index contributed by atoms with van der Waals surface area (Å²) >= 11 is 0. The summed E-state index contributed by atoms with van der Waals surface area (Å²) in [4.78, 5) is 2.35. The van der Waals surface area contributed by atoms with Crippen LogP contribution in [0.5, 0.6) is 0 Å². The Morgan fingerprint density at radius 2 is 1.13 bits per heavy atom. The van der Waals surface area contributed by atoms with Gasteiger partial charge in [0.2, 0.25) is 0 Å². The maximum absolute atomic E-state index is 15.3. The molecule has 0 aromatic heterocycles. The third-order valence-electron chi connectivity index (χ3n) is 5.96. The predicted molar refractivity (Wildman–Crippen MR) is 126 cm³/mol. The van der Waals surface area contributed by atoms with Gasteiger partial charge in [0.05, 0.1) is 0 Å². The van der Waals surface area contributed by atoms with Gasteiger partial charge in [-0.3, -0.25) is 0 Å². The van der Waals surface area contributed by atoms with E-state index in [2.05, 4.69) is 53.4 Å². The molecule has 1 atom stereocenters. The molecule has 30 heavy (non-hydrogen) atoms. The Kier molecular flexibility index (Phi) is 5.02. The second-order valence-corrected chi connectivity index (χ2v) is 10.5. The number of nitrogens with zero attached hydrogens (tertiary/aromatic N) is 1. The van der Waals surface area contributed by atoms with Gasteiger partial charge in [-0.2, -0.15) is 0 Å². The maximum atomic E-state index is 15.3. The fourth-order valence-electron chi connectivity index (χ4n) is 4.56. The van der Waals surface area contributed by atoms with E-state index in [-0.39, 0.29) is 5.78 Å². The van der Waals surface area contributed by atoms with Crippen LogP contribution in [0.1, 0.15) is 16.9 Å². The van der Waals surface area contributed by atoms with E-state index in [0.717, 1.165) is 29.3 Å². The van der Waals surface area contributed by atoms with Crippen LogP contribution < -0.4 is 15.5 Å². The standard InChI is InChI=1S/C27H24NOP/c29-30(24-15-6-2-7-16-24,25-17-8-3-9-18-25)27-26-19-11-10-12-22(26)20-21-28(27)23-13-4-1-5-14-23/h1-19,27H,20-21H2/t27-/m0/s1. The summed E-state index contributed by atoms with van der Waals surface area (Å²) in [7, 11) is -3.03. The van der Waals surface area contributed by atoms with E-state index in [1.165, 1.54) is 11.1 Å². The van der Waals surface area contributed by atoms with Crippen LogP contribution in [0.4, 0.5) is 5.69 Å². The molecule has 0 aliphatic carbocycles. The summed E-state index contributed by atoms with van der Waals surface area (Å²) in [6.07, 6.45) is 0.950. The molecule has 1 aliphatic rings. The lowest BCUT2D eigenvalue weighted by Gasteiger charge is -2.43. The van der Waals surface area contributed by atoms with Crippen molar-refractivity contribution in [3.63, 3.8) is 0 Å². The minimum absolute atomic E-state index is 0.241. The van der Waals surface area contributed by atoms with Gasteiger partial charge in [0.15, 0.2) is 7.14 Å². The van der Waals surface area contributed by atoms with Gasteiger partial charge in [-0.15, -0.1) is 0 Å². The maximum Gasteiger partial charge on any atom is 0.168 e. The van der Waals surface area contributed by atoms with E-state index in [0.29, 0.717) is 0 Å². The van der Waals surface area contributed by atoms with E-state index in [9.17, 15) is 0 Å². The molecule has 3 heteroatoms. The zero-order valence-corrected chi connectivity index (χ0v) is 17.7. The van der Waals surface area contributed by atoms with Crippen molar-refractivity contribution in [3.05, 3.63) is 126 Å². The Hall–Kier alpha value is -3.09. The average Bonchev–Trinajstić information content (AvgIpc) is 2.84. The molecule has 4 aromatic carbocycles. The molecule has 1 aliphatic heterocycles. The van der Waals surface area contributed by atoms with Crippen molar-refractivity contribution >= 4 is 23.4 Å². The highest BCUT2D eigenvalue weighted by Gasteiger charge is 2.44. The van der Waals surface area contributed by atoms with Gasteiger partial charge in [-0.1, -0.05) is 103 Å². The largest absolute Gasteiger partial charge is 0.357 e. The Labute approximate surface area is 178 Å². The molecule has 148 valence electrons. The molecular weight excluding hydrogens is 385 g/mol. The third-order valence-corrected chi connectivity index (χ3v) is 9.34. The van der Waals surface area contributed by atoms with Gasteiger partial charge in [-0.05, 0) is 29.7 Å². The molecule has 0 unspecified atom stereocenters. The van der Waals surface area contributed by atoms with Gasteiger partial charge in [0.25, 0.3) is 0 Å². The van der Waals surface area contributed by atoms with E-state index >= 15 is 4.57 Å². The summed E-state index contributed by atoms with van der Waals surface area (Å²) in [6, 6.07) is 38.9. The molecule has 5 rings (SSSR count). The fourth-order valence-corrected chi connectivity index (χ4v) is 7.94. The minimum atomic E-state index is -3.03. The van der Waals surface area contributed by atoms with Crippen molar-refractivity contribution < 1.29 is 4.57 Å². The summed E-state index contributed by atoms with van der Waals surface area (Å²) in [5.41, 5.74) is 3.58. The van der Waals surface area contributed by atoms with E-state index in [4.69, 9.17) is 0 Å². The number of hydrogen-bond acceptors (Lipinski definition) is 2. The Bertz CT molecular complexity index is 1130. The zero-order chi connectivity index (χ0) is 20.4. The predicted octanol–water partition coefficient (Wildman–Crippen LogP) is 5.76. The van der Waals surface area contributed by atoms with Crippen molar-refractivity contribution in [1.82, 2.24) is 0 Å². The van der Waals surface area contributed by atoms with Crippen LogP contribution >= 0.6 is 7.14 Å². The van der Waals surface area contributed by atoms with Crippen molar-refractivity contribution in [2.24, 2.45) is 0 Å². The lowest BCUT2D eigenvalue weighted by molar-refractivity contribution is 0.569. The second-order valence-electron chi connectivity index (χ2n) is 7.68. The minimum Gasteiger partial charge on any atom is -0.357 e. The van der Waals surface area contributed by atoms with Gasteiger partial charge in [0, 0.05) is 22.8 Å². The molecular formula is C27H24NOP. The lowest BCUT2D eigenvalue weighted by Crippen LogP contribution is -2.39. The van der Waals surface area contributed by atoms with Crippen molar-refractivity contribution in [2.45, 2.75) is 12.2 Å². The van der Waals surface area contributed by atoms with Crippen LogP contribution in [0.25, 0.3) is 0 Å². The highest BCUT2D eigenvalue weighted by atomic mass is 31.2. The van der Waals surface area contributed by atoms with Crippen LogP contribution in [0.15, 0.2) is 115 Å². The van der Waals surface area contributed by atoms with Crippen LogP contribution in [-0.4, -0.2) is 6.54 Å². The molecule has 0 saturated carbocycles. The number of anilines is 1. The number of benzene rings is 4. The molecule has 0 saturated heterocycles. The third kappa shape index (κ3) is 3.18. The van der Waals surface area contributed by atoms with Gasteiger partial charge in [-0.25, -0.2) is 0 Å². The van der Waals surface area contributed by atoms with E-state index in [1.807, 2.05) is 66.7 Å². The number of fused-ring (bicyclic) bond motifs is 1. The molecule has 0 radical (unpaired) electrons. The molecule has 1 heterocycles. The van der Waals surface area contributed by atoms with Crippen molar-refractivity contribution in [2.75, 3.05) is 11.4 Å². The van der Waals surface area contributed by atoms with Gasteiger partial charge < -0.3 is 9.46 Å². The Morgan fingerprint density at radius 1 is 0.633 bits per heavy atom. The fraction of sp³-hybridized carbons (Fsp3) is 0.111. The molecule has 0 bridgehead atoms. The first kappa shape index (κ1) is 18.9. The molecule has 0 fully saturated rings. The first-order chi connectivity index (χ1) is 14.8. The lowest BCUT2D eigenvalue weighted by atomic mass is 9.99. The van der Waals surface area contributed by atoms with Crippen LogP contribution in [0.3, 0.4) is 0 Å². The van der Waals surface area contributed by atoms with E-state index < -0.39 is 7.14 Å². The number of para-hydroxylation sites is 1. The SMILES string of the molecule is O=P(c1ccccc1)(c1ccccc1)[C@H]1c2ccccc2CCN1c1ccccc1. The highest BCUT2D eigenvalue weighted by Crippen LogP contribution is 2.61. The topological polar surface area (TPSA) is 20.3 Å². The van der Waals surface area contributed by atoms with Gasteiger partial charge in [0.1, 0.15) is 5.78 Å². The second kappa shape index (κ2) is 7.97. The quantitative estimate of drug-likeness (QED) is 0.399. The smallest absolute Gasteiger partial charge is 0.168 e. The normalized spacial score (nSPS) is 16.1. The molecule has 0 amide bonds. The number of hydrogen-bond donors (Lipinski definition) is 0. The van der Waals surface area contributed by atoms with Crippen molar-refractivity contribution in [3.8, 4) is 0 Å². The Balaban J connectivity index is 1.80. The van der Waals surface area contributed by atoms with E-state index in [1.54, 1.807) is 0 Å². The monoisotopic (exact) mass is 409 g/mol. The van der Waals surface area contributed by atoms with Crippen LogP contribution in [0, 0.1) is 0 Å². The summed E-state index contributed by atoms with van der Waals surface area (Å²) in [5.74, 6) is -0.241. The van der Waals surface area contributed by atoms with Crippen LogP contribution in [0.2, 0.25) is 0 Å². The molecule has 0 spiro atoms. The van der Waals surface area contributed by atoms with Crippen molar-refractivity contribution in [1.29, 1.82) is 0 Å². The van der Waals surface area contributed by atoms with Crippen LogP contribution in [-0.2, 0) is 11.0 Å². The Morgan fingerprint density at radius 3 is 1.73 bits per heavy atom. The first-order valence-corrected chi connectivity index (χ1v) is 12.2. The molecule has 2 nitrogen and oxygen atoms in total. The highest BCUT2D eigenvalue weighted by molar-refractivity contribution is 7.79. The van der Waals surface area contributed by atoms with Gasteiger partial charge >= 0.3 is 0 Å².